The molecule has 0 aliphatic rings. The lowest BCUT2D eigenvalue weighted by molar-refractivity contribution is -0.136. The lowest BCUT2D eigenvalue weighted by atomic mass is 10.1. The third kappa shape index (κ3) is 3.79. The van der Waals surface area contributed by atoms with Gasteiger partial charge >= 0.3 is 11.9 Å². The van der Waals surface area contributed by atoms with Crippen LogP contribution in [0, 0.1) is 0 Å². The number of carboxylic acid groups (broad SMARTS) is 2. The summed E-state index contributed by atoms with van der Waals surface area (Å²) in [5, 5.41) is 18.1. The Bertz CT molecular complexity index is 711. The first-order valence-corrected chi connectivity index (χ1v) is 7.22. The number of benzene rings is 2. The third-order valence-corrected chi connectivity index (χ3v) is 4.04. The van der Waals surface area contributed by atoms with Crippen molar-refractivity contribution in [1.29, 1.82) is 0 Å². The molecule has 114 valence electrons. The van der Waals surface area contributed by atoms with Gasteiger partial charge < -0.3 is 14.9 Å². The maximum Gasteiger partial charge on any atom is 0.336 e. The van der Waals surface area contributed by atoms with Crippen LogP contribution in [0.25, 0.3) is 0 Å². The Hall–Kier alpha value is -2.47. The van der Waals surface area contributed by atoms with Gasteiger partial charge in [0.2, 0.25) is 0 Å². The van der Waals surface area contributed by atoms with E-state index in [4.69, 9.17) is 9.84 Å². The van der Waals surface area contributed by atoms with Gasteiger partial charge in [-0.3, -0.25) is 4.79 Å². The van der Waals surface area contributed by atoms with Gasteiger partial charge in [0.1, 0.15) is 5.75 Å². The van der Waals surface area contributed by atoms with Crippen molar-refractivity contribution in [1.82, 2.24) is 0 Å². The lowest BCUT2D eigenvalue weighted by Gasteiger charge is -2.11. The fraction of sp³-hybridized carbons (Fsp3) is 0.125. The summed E-state index contributed by atoms with van der Waals surface area (Å²) in [5.74, 6) is -1.37. The van der Waals surface area contributed by atoms with Crippen molar-refractivity contribution in [3.05, 3.63) is 53.6 Å². The van der Waals surface area contributed by atoms with Crippen LogP contribution in [-0.2, 0) is 11.2 Å². The van der Waals surface area contributed by atoms with Gasteiger partial charge in [-0.25, -0.2) is 4.79 Å². The summed E-state index contributed by atoms with van der Waals surface area (Å²) >= 11 is 1.24. The second-order valence-corrected chi connectivity index (χ2v) is 5.54. The van der Waals surface area contributed by atoms with Crippen molar-refractivity contribution in [2.45, 2.75) is 16.2 Å². The first-order chi connectivity index (χ1) is 10.5. The molecular weight excluding hydrogens is 304 g/mol. The average molecular weight is 318 g/mol. The molecule has 0 heterocycles. The molecule has 2 aromatic rings. The summed E-state index contributed by atoms with van der Waals surface area (Å²) < 4.78 is 5.26. The molecule has 6 heteroatoms. The van der Waals surface area contributed by atoms with Crippen molar-refractivity contribution in [2.75, 3.05) is 7.11 Å². The standard InChI is InChI=1S/C16H14O5S/c1-21-12-7-6-10(9-15(17)18)8-14(12)22-13-5-3-2-4-11(13)16(19)20/h2-8H,9H2,1H3,(H,17,18)(H,19,20). The zero-order valence-electron chi connectivity index (χ0n) is 11.8. The van der Waals surface area contributed by atoms with Crippen LogP contribution >= 0.6 is 11.8 Å². The molecule has 0 fully saturated rings. The molecule has 2 rings (SSSR count). The smallest absolute Gasteiger partial charge is 0.336 e. The number of hydrogen-bond acceptors (Lipinski definition) is 4. The zero-order chi connectivity index (χ0) is 16.1. The van der Waals surface area contributed by atoms with Gasteiger partial charge in [-0.1, -0.05) is 30.0 Å². The van der Waals surface area contributed by atoms with E-state index in [2.05, 4.69) is 0 Å². The molecule has 0 atom stereocenters. The molecule has 0 aliphatic heterocycles. The van der Waals surface area contributed by atoms with Gasteiger partial charge in [-0.2, -0.15) is 0 Å². The maximum absolute atomic E-state index is 11.3. The number of methoxy groups -OCH3 is 1. The highest BCUT2D eigenvalue weighted by atomic mass is 32.2. The van der Waals surface area contributed by atoms with E-state index in [1.54, 1.807) is 36.4 Å². The first-order valence-electron chi connectivity index (χ1n) is 6.40. The SMILES string of the molecule is COc1ccc(CC(=O)O)cc1Sc1ccccc1C(=O)O. The van der Waals surface area contributed by atoms with Crippen LogP contribution in [0.15, 0.2) is 52.3 Å². The fourth-order valence-corrected chi connectivity index (χ4v) is 3.05. The van der Waals surface area contributed by atoms with E-state index in [1.807, 2.05) is 0 Å². The maximum atomic E-state index is 11.3. The molecule has 0 radical (unpaired) electrons. The lowest BCUT2D eigenvalue weighted by Crippen LogP contribution is -2.01. The molecule has 0 spiro atoms. The van der Waals surface area contributed by atoms with E-state index in [0.29, 0.717) is 21.1 Å². The van der Waals surface area contributed by atoms with Crippen LogP contribution in [0.3, 0.4) is 0 Å². The van der Waals surface area contributed by atoms with Crippen LogP contribution in [0.5, 0.6) is 5.75 Å². The van der Waals surface area contributed by atoms with Crippen molar-refractivity contribution in [2.24, 2.45) is 0 Å². The third-order valence-electron chi connectivity index (χ3n) is 2.92. The van der Waals surface area contributed by atoms with E-state index < -0.39 is 11.9 Å². The molecule has 2 N–H and O–H groups in total. The normalized spacial score (nSPS) is 10.2. The van der Waals surface area contributed by atoms with E-state index in [1.165, 1.54) is 24.9 Å². The molecule has 0 saturated heterocycles. The highest BCUT2D eigenvalue weighted by Gasteiger charge is 2.14. The Labute approximate surface area is 131 Å². The van der Waals surface area contributed by atoms with Crippen molar-refractivity contribution < 1.29 is 24.5 Å². The largest absolute Gasteiger partial charge is 0.496 e. The minimum Gasteiger partial charge on any atom is -0.496 e. The monoisotopic (exact) mass is 318 g/mol. The summed E-state index contributed by atoms with van der Waals surface area (Å²) in [5.41, 5.74) is 0.821. The number of aromatic carboxylic acids is 1. The molecule has 0 aliphatic carbocycles. The molecule has 0 bridgehead atoms. The van der Waals surface area contributed by atoms with E-state index in [0.717, 1.165) is 0 Å². The van der Waals surface area contributed by atoms with E-state index in [-0.39, 0.29) is 12.0 Å². The van der Waals surface area contributed by atoms with Gasteiger partial charge in [-0.15, -0.1) is 0 Å². The van der Waals surface area contributed by atoms with Gasteiger partial charge in [0.05, 0.1) is 24.0 Å². The number of ether oxygens (including phenoxy) is 1. The Kier molecular flexibility index (Phi) is 5.06. The molecule has 0 aromatic heterocycles. The summed E-state index contributed by atoms with van der Waals surface area (Å²) in [6, 6.07) is 11.7. The van der Waals surface area contributed by atoms with Gasteiger partial charge in [0.15, 0.2) is 0 Å². The Morgan fingerprint density at radius 2 is 1.82 bits per heavy atom. The summed E-state index contributed by atoms with van der Waals surface area (Å²) in [6.45, 7) is 0. The molecule has 5 nitrogen and oxygen atoms in total. The highest BCUT2D eigenvalue weighted by molar-refractivity contribution is 7.99. The molecular formula is C16H14O5S. The Morgan fingerprint density at radius 1 is 1.09 bits per heavy atom. The minimum absolute atomic E-state index is 0.0991. The topological polar surface area (TPSA) is 83.8 Å². The molecule has 22 heavy (non-hydrogen) atoms. The number of aliphatic carboxylic acids is 1. The zero-order valence-corrected chi connectivity index (χ0v) is 12.6. The number of rotatable bonds is 6. The quantitative estimate of drug-likeness (QED) is 0.851. The second kappa shape index (κ2) is 7.00. The van der Waals surface area contributed by atoms with Gasteiger partial charge in [-0.05, 0) is 29.8 Å². The van der Waals surface area contributed by atoms with Crippen molar-refractivity contribution in [3.8, 4) is 5.75 Å². The molecule has 2 aromatic carbocycles. The summed E-state index contributed by atoms with van der Waals surface area (Å²) in [4.78, 5) is 23.3. The predicted molar refractivity (Wildman–Crippen MR) is 81.9 cm³/mol. The van der Waals surface area contributed by atoms with Crippen molar-refractivity contribution >= 4 is 23.7 Å². The average Bonchev–Trinajstić information content (AvgIpc) is 2.47. The first kappa shape index (κ1) is 15.9. The second-order valence-electron chi connectivity index (χ2n) is 4.46. The van der Waals surface area contributed by atoms with Gasteiger partial charge in [0, 0.05) is 4.90 Å². The Balaban J connectivity index is 2.39. The predicted octanol–water partition coefficient (Wildman–Crippen LogP) is 3.17. The van der Waals surface area contributed by atoms with Gasteiger partial charge in [0.25, 0.3) is 0 Å². The van der Waals surface area contributed by atoms with Crippen LogP contribution in [0.4, 0.5) is 0 Å². The van der Waals surface area contributed by atoms with Crippen LogP contribution in [-0.4, -0.2) is 29.3 Å². The molecule has 0 unspecified atom stereocenters. The minimum atomic E-state index is -1.01. The molecule has 0 saturated carbocycles. The van der Waals surface area contributed by atoms with Crippen LogP contribution in [0.2, 0.25) is 0 Å². The van der Waals surface area contributed by atoms with E-state index in [9.17, 15) is 14.7 Å². The van der Waals surface area contributed by atoms with Crippen LogP contribution < -0.4 is 4.74 Å². The Morgan fingerprint density at radius 3 is 2.45 bits per heavy atom. The number of carbonyl (C=O) groups is 2. The summed E-state index contributed by atoms with van der Waals surface area (Å²) in [6.07, 6.45) is -0.0991. The fourth-order valence-electron chi connectivity index (χ4n) is 1.94. The molecule has 0 amide bonds. The van der Waals surface area contributed by atoms with Crippen molar-refractivity contribution in [3.63, 3.8) is 0 Å². The van der Waals surface area contributed by atoms with Crippen LogP contribution in [0.1, 0.15) is 15.9 Å². The summed E-state index contributed by atoms with van der Waals surface area (Å²) in [7, 11) is 1.51. The highest BCUT2D eigenvalue weighted by Crippen LogP contribution is 2.37. The number of hydrogen-bond donors (Lipinski definition) is 2. The van der Waals surface area contributed by atoms with E-state index >= 15 is 0 Å². The number of carboxylic acids is 2.